The van der Waals surface area contributed by atoms with Gasteiger partial charge in [0.15, 0.2) is 6.10 Å². The number of aromatic nitrogens is 2. The molecule has 1 atom stereocenters. The van der Waals surface area contributed by atoms with Gasteiger partial charge in [-0.15, -0.1) is 0 Å². The normalized spacial score (nSPS) is 20.6. The van der Waals surface area contributed by atoms with Crippen molar-refractivity contribution in [3.63, 3.8) is 0 Å². The molecule has 1 aliphatic carbocycles. The summed E-state index contributed by atoms with van der Waals surface area (Å²) in [7, 11) is 0. The van der Waals surface area contributed by atoms with Gasteiger partial charge in [0, 0.05) is 5.69 Å². The standard InChI is InChI=1S/C21H29N3O4/c1-3-4-5-14-6-8-15(9-7-14)20(26)28-13(2)19(25)22-16-10-11-17-18(12-16)24-21(27)23-17/h10-15H,3-9H2,1-2H3,(H,22,25)(H2,23,24,27)/t13-,14?,15?/m1/s1. The van der Waals surface area contributed by atoms with E-state index in [1.165, 1.54) is 19.3 Å². The van der Waals surface area contributed by atoms with Crippen LogP contribution < -0.4 is 11.0 Å². The number of rotatable bonds is 7. The van der Waals surface area contributed by atoms with E-state index in [9.17, 15) is 14.4 Å². The Balaban J connectivity index is 1.49. The van der Waals surface area contributed by atoms with Gasteiger partial charge >= 0.3 is 11.7 Å². The lowest BCUT2D eigenvalue weighted by Gasteiger charge is -2.28. The summed E-state index contributed by atoms with van der Waals surface area (Å²) in [5.41, 5.74) is 1.50. The Bertz CT molecular complexity index is 877. The van der Waals surface area contributed by atoms with Crippen LogP contribution in [0.2, 0.25) is 0 Å². The van der Waals surface area contributed by atoms with E-state index < -0.39 is 6.10 Å². The molecule has 0 spiro atoms. The van der Waals surface area contributed by atoms with Crippen molar-refractivity contribution in [1.29, 1.82) is 0 Å². The average molecular weight is 387 g/mol. The second-order valence-corrected chi connectivity index (χ2v) is 7.77. The van der Waals surface area contributed by atoms with Gasteiger partial charge in [-0.1, -0.05) is 26.2 Å². The molecule has 3 N–H and O–H groups in total. The van der Waals surface area contributed by atoms with Crippen LogP contribution in [0.15, 0.2) is 23.0 Å². The Morgan fingerprint density at radius 3 is 2.61 bits per heavy atom. The van der Waals surface area contributed by atoms with Crippen LogP contribution in [-0.2, 0) is 14.3 Å². The molecule has 7 heteroatoms. The number of carbonyl (C=O) groups excluding carboxylic acids is 2. The maximum absolute atomic E-state index is 12.4. The smallest absolute Gasteiger partial charge is 0.323 e. The van der Waals surface area contributed by atoms with Crippen LogP contribution in [0.3, 0.4) is 0 Å². The minimum absolute atomic E-state index is 0.102. The fourth-order valence-corrected chi connectivity index (χ4v) is 3.86. The molecule has 0 radical (unpaired) electrons. The number of imidazole rings is 1. The highest BCUT2D eigenvalue weighted by Gasteiger charge is 2.29. The van der Waals surface area contributed by atoms with Crippen LogP contribution in [0.1, 0.15) is 58.8 Å². The summed E-state index contributed by atoms with van der Waals surface area (Å²) >= 11 is 0. The summed E-state index contributed by atoms with van der Waals surface area (Å²) in [6.45, 7) is 3.78. The first-order chi connectivity index (χ1) is 13.5. The number of carbonyl (C=O) groups is 2. The van der Waals surface area contributed by atoms with Crippen molar-refractivity contribution < 1.29 is 14.3 Å². The zero-order chi connectivity index (χ0) is 20.1. The number of esters is 1. The first-order valence-corrected chi connectivity index (χ1v) is 10.2. The number of benzene rings is 1. The summed E-state index contributed by atoms with van der Waals surface area (Å²) in [5, 5.41) is 2.73. The molecular formula is C21H29N3O4. The fourth-order valence-electron chi connectivity index (χ4n) is 3.86. The highest BCUT2D eigenvalue weighted by Crippen LogP contribution is 2.32. The van der Waals surface area contributed by atoms with Crippen molar-refractivity contribution in [1.82, 2.24) is 9.97 Å². The van der Waals surface area contributed by atoms with Crippen LogP contribution in [-0.4, -0.2) is 27.9 Å². The number of hydrogen-bond donors (Lipinski definition) is 3. The Morgan fingerprint density at radius 1 is 1.18 bits per heavy atom. The van der Waals surface area contributed by atoms with Crippen molar-refractivity contribution in [2.45, 2.75) is 64.9 Å². The van der Waals surface area contributed by atoms with E-state index in [-0.39, 0.29) is 23.5 Å². The molecule has 28 heavy (non-hydrogen) atoms. The molecule has 152 valence electrons. The van der Waals surface area contributed by atoms with Gasteiger partial charge in [0.05, 0.1) is 17.0 Å². The van der Waals surface area contributed by atoms with Gasteiger partial charge in [-0.05, 0) is 56.7 Å². The second-order valence-electron chi connectivity index (χ2n) is 7.77. The van der Waals surface area contributed by atoms with Gasteiger partial charge in [-0.3, -0.25) is 9.59 Å². The fraction of sp³-hybridized carbons (Fsp3) is 0.571. The maximum atomic E-state index is 12.4. The number of aromatic amines is 2. The Labute approximate surface area is 164 Å². The Morgan fingerprint density at radius 2 is 1.89 bits per heavy atom. The first-order valence-electron chi connectivity index (χ1n) is 10.2. The topological polar surface area (TPSA) is 104 Å². The number of unbranched alkanes of at least 4 members (excludes halogenated alkanes) is 1. The van der Waals surface area contributed by atoms with Crippen LogP contribution in [0.5, 0.6) is 0 Å². The second kappa shape index (κ2) is 9.08. The minimum Gasteiger partial charge on any atom is -0.452 e. The molecule has 0 saturated heterocycles. The summed E-state index contributed by atoms with van der Waals surface area (Å²) < 4.78 is 5.42. The zero-order valence-electron chi connectivity index (χ0n) is 16.5. The summed E-state index contributed by atoms with van der Waals surface area (Å²) in [5.74, 6) is -0.0434. The van der Waals surface area contributed by atoms with Crippen molar-refractivity contribution in [2.24, 2.45) is 11.8 Å². The number of amides is 1. The largest absolute Gasteiger partial charge is 0.452 e. The number of hydrogen-bond acceptors (Lipinski definition) is 4. The predicted octanol–water partition coefficient (Wildman–Crippen LogP) is 3.72. The molecule has 1 heterocycles. The van der Waals surface area contributed by atoms with E-state index in [1.807, 2.05) is 0 Å². The molecule has 0 unspecified atom stereocenters. The number of ether oxygens (including phenoxy) is 1. The van der Waals surface area contributed by atoms with Crippen LogP contribution in [0.4, 0.5) is 5.69 Å². The van der Waals surface area contributed by atoms with Crippen LogP contribution in [0.25, 0.3) is 11.0 Å². The number of nitrogens with one attached hydrogen (secondary N) is 3. The van der Waals surface area contributed by atoms with Crippen LogP contribution >= 0.6 is 0 Å². The summed E-state index contributed by atoms with van der Waals surface area (Å²) in [6, 6.07) is 5.06. The SMILES string of the molecule is CCCCC1CCC(C(=O)O[C@H](C)C(=O)Nc2ccc3[nH]c(=O)[nH]c3c2)CC1. The number of fused-ring (bicyclic) bond motifs is 1. The Hall–Kier alpha value is -2.57. The number of anilines is 1. The molecule has 1 aromatic carbocycles. The minimum atomic E-state index is -0.869. The van der Waals surface area contributed by atoms with E-state index in [1.54, 1.807) is 25.1 Å². The molecule has 3 rings (SSSR count). The molecular weight excluding hydrogens is 358 g/mol. The van der Waals surface area contributed by atoms with Gasteiger partial charge < -0.3 is 20.0 Å². The van der Waals surface area contributed by atoms with Crippen molar-refractivity contribution in [3.8, 4) is 0 Å². The van der Waals surface area contributed by atoms with E-state index in [4.69, 9.17) is 4.74 Å². The van der Waals surface area contributed by atoms with Gasteiger partial charge in [0.25, 0.3) is 5.91 Å². The highest BCUT2D eigenvalue weighted by molar-refractivity contribution is 5.96. The molecule has 0 bridgehead atoms. The lowest BCUT2D eigenvalue weighted by molar-refractivity contribution is -0.158. The van der Waals surface area contributed by atoms with E-state index in [0.29, 0.717) is 16.7 Å². The predicted molar refractivity (Wildman–Crippen MR) is 108 cm³/mol. The van der Waals surface area contributed by atoms with Crippen molar-refractivity contribution in [3.05, 3.63) is 28.7 Å². The first kappa shape index (κ1) is 20.2. The van der Waals surface area contributed by atoms with Gasteiger partial charge in [-0.2, -0.15) is 0 Å². The summed E-state index contributed by atoms with van der Waals surface area (Å²) in [6.07, 6.45) is 6.66. The third kappa shape index (κ3) is 5.03. The summed E-state index contributed by atoms with van der Waals surface area (Å²) in [4.78, 5) is 41.4. The number of H-pyrrole nitrogens is 2. The monoisotopic (exact) mass is 387 g/mol. The van der Waals surface area contributed by atoms with E-state index >= 15 is 0 Å². The molecule has 1 amide bonds. The highest BCUT2D eigenvalue weighted by atomic mass is 16.5. The quantitative estimate of drug-likeness (QED) is 0.630. The molecule has 0 aliphatic heterocycles. The lowest BCUT2D eigenvalue weighted by Crippen LogP contribution is -2.33. The van der Waals surface area contributed by atoms with Gasteiger partial charge in [0.1, 0.15) is 0 Å². The van der Waals surface area contributed by atoms with Gasteiger partial charge in [0.2, 0.25) is 0 Å². The average Bonchev–Trinajstić information content (AvgIpc) is 3.05. The molecule has 1 aliphatic rings. The molecule has 1 fully saturated rings. The molecule has 1 saturated carbocycles. The third-order valence-corrected chi connectivity index (χ3v) is 5.59. The Kier molecular flexibility index (Phi) is 6.54. The van der Waals surface area contributed by atoms with Crippen LogP contribution in [0, 0.1) is 11.8 Å². The maximum Gasteiger partial charge on any atom is 0.323 e. The molecule has 7 nitrogen and oxygen atoms in total. The van der Waals surface area contributed by atoms with Crippen molar-refractivity contribution >= 4 is 28.6 Å². The third-order valence-electron chi connectivity index (χ3n) is 5.59. The van der Waals surface area contributed by atoms with E-state index in [2.05, 4.69) is 22.2 Å². The molecule has 2 aromatic rings. The van der Waals surface area contributed by atoms with E-state index in [0.717, 1.165) is 31.6 Å². The lowest BCUT2D eigenvalue weighted by atomic mass is 9.80. The van der Waals surface area contributed by atoms with Crippen molar-refractivity contribution in [2.75, 3.05) is 5.32 Å². The molecule has 1 aromatic heterocycles. The zero-order valence-corrected chi connectivity index (χ0v) is 16.5. The van der Waals surface area contributed by atoms with Gasteiger partial charge in [-0.25, -0.2) is 4.79 Å².